The fraction of sp³-hybridized carbons (Fsp3) is 0.304. The van der Waals surface area contributed by atoms with Crippen LogP contribution in [0.4, 0.5) is 0 Å². The maximum Gasteiger partial charge on any atom is 0.0718 e. The summed E-state index contributed by atoms with van der Waals surface area (Å²) in [7, 11) is -1.62. The van der Waals surface area contributed by atoms with Crippen LogP contribution in [0.2, 0.25) is 13.1 Å². The molecule has 4 rings (SSSR count). The van der Waals surface area contributed by atoms with Crippen LogP contribution in [0, 0.1) is 5.92 Å². The molecule has 2 atom stereocenters. The van der Waals surface area contributed by atoms with E-state index < -0.39 is 8.07 Å². The Labute approximate surface area is 146 Å². The fourth-order valence-corrected chi connectivity index (χ4v) is 9.11. The number of benzene rings is 2. The SMILES string of the molecule is CC(C)C1=Cc2ccccc2C1[Si](C)(C)C1C=Cc2ccccc21. The van der Waals surface area contributed by atoms with E-state index in [2.05, 4.69) is 93.7 Å². The summed E-state index contributed by atoms with van der Waals surface area (Å²) in [5.74, 6) is 0.606. The van der Waals surface area contributed by atoms with Crippen molar-refractivity contribution in [2.45, 2.75) is 38.0 Å². The fourth-order valence-electron chi connectivity index (χ4n) is 4.76. The Kier molecular flexibility index (Phi) is 3.65. The molecule has 0 N–H and O–H groups in total. The smallest absolute Gasteiger partial charge is 0.0718 e. The summed E-state index contributed by atoms with van der Waals surface area (Å²) in [6.45, 7) is 9.89. The zero-order valence-corrected chi connectivity index (χ0v) is 16.1. The molecule has 2 aromatic rings. The van der Waals surface area contributed by atoms with Crippen LogP contribution in [0.3, 0.4) is 0 Å². The molecule has 24 heavy (non-hydrogen) atoms. The first-order valence-corrected chi connectivity index (χ1v) is 12.2. The van der Waals surface area contributed by atoms with E-state index in [-0.39, 0.29) is 0 Å². The van der Waals surface area contributed by atoms with Crippen molar-refractivity contribution in [3.05, 3.63) is 82.4 Å². The Balaban J connectivity index is 1.82. The van der Waals surface area contributed by atoms with E-state index in [0.29, 0.717) is 17.0 Å². The van der Waals surface area contributed by atoms with Crippen LogP contribution in [-0.4, -0.2) is 8.07 Å². The second kappa shape index (κ2) is 5.60. The van der Waals surface area contributed by atoms with E-state index in [1.807, 2.05) is 0 Å². The van der Waals surface area contributed by atoms with Gasteiger partial charge in [-0.25, -0.2) is 0 Å². The molecule has 0 aromatic heterocycles. The van der Waals surface area contributed by atoms with Crippen LogP contribution in [-0.2, 0) is 0 Å². The Hall–Kier alpha value is -1.86. The van der Waals surface area contributed by atoms with E-state index >= 15 is 0 Å². The number of hydrogen-bond acceptors (Lipinski definition) is 0. The third-order valence-corrected chi connectivity index (χ3v) is 10.2. The highest BCUT2D eigenvalue weighted by Crippen LogP contribution is 2.51. The molecule has 122 valence electrons. The summed E-state index contributed by atoms with van der Waals surface area (Å²) in [6.07, 6.45) is 7.30. The molecule has 0 amide bonds. The predicted octanol–water partition coefficient (Wildman–Crippen LogP) is 6.42. The lowest BCUT2D eigenvalue weighted by Gasteiger charge is -2.39. The largest absolute Gasteiger partial charge is 0.0791 e. The van der Waals surface area contributed by atoms with Crippen molar-refractivity contribution in [3.63, 3.8) is 0 Å². The molecular weight excluding hydrogens is 304 g/mol. The average Bonchev–Trinajstić information content (AvgIpc) is 3.17. The summed E-state index contributed by atoms with van der Waals surface area (Å²) in [6, 6.07) is 18.0. The van der Waals surface area contributed by atoms with Gasteiger partial charge in [0.15, 0.2) is 0 Å². The zero-order valence-electron chi connectivity index (χ0n) is 15.1. The van der Waals surface area contributed by atoms with Crippen molar-refractivity contribution in [2.75, 3.05) is 0 Å². The van der Waals surface area contributed by atoms with Crippen molar-refractivity contribution in [3.8, 4) is 0 Å². The van der Waals surface area contributed by atoms with Gasteiger partial charge in [0, 0.05) is 5.54 Å². The van der Waals surface area contributed by atoms with Crippen LogP contribution in [0.5, 0.6) is 0 Å². The summed E-state index contributed by atoms with van der Waals surface area (Å²) in [5, 5.41) is 0. The molecule has 0 spiro atoms. The van der Waals surface area contributed by atoms with Crippen molar-refractivity contribution in [1.29, 1.82) is 0 Å². The van der Waals surface area contributed by atoms with Crippen LogP contribution in [0.1, 0.15) is 47.2 Å². The second-order valence-corrected chi connectivity index (χ2v) is 13.0. The Morgan fingerprint density at radius 2 is 1.46 bits per heavy atom. The van der Waals surface area contributed by atoms with Crippen molar-refractivity contribution in [1.82, 2.24) is 0 Å². The second-order valence-electron chi connectivity index (χ2n) is 8.15. The predicted molar refractivity (Wildman–Crippen MR) is 108 cm³/mol. The quantitative estimate of drug-likeness (QED) is 0.570. The molecule has 0 saturated carbocycles. The average molecular weight is 331 g/mol. The third-order valence-electron chi connectivity index (χ3n) is 5.97. The van der Waals surface area contributed by atoms with Crippen LogP contribution < -0.4 is 0 Å². The Morgan fingerprint density at radius 3 is 2.17 bits per heavy atom. The molecule has 0 fully saturated rings. The maximum atomic E-state index is 2.59. The van der Waals surface area contributed by atoms with Crippen molar-refractivity contribution < 1.29 is 0 Å². The Morgan fingerprint density at radius 1 is 0.833 bits per heavy atom. The first kappa shape index (κ1) is 15.7. The number of fused-ring (bicyclic) bond motifs is 2. The van der Waals surface area contributed by atoms with Gasteiger partial charge in [0.05, 0.1) is 8.07 Å². The topological polar surface area (TPSA) is 0 Å². The first-order valence-electron chi connectivity index (χ1n) is 9.07. The van der Waals surface area contributed by atoms with Gasteiger partial charge in [-0.05, 0) is 33.7 Å². The minimum absolute atomic E-state index is 0.604. The van der Waals surface area contributed by atoms with E-state index in [0.717, 1.165) is 0 Å². The number of hydrogen-bond donors (Lipinski definition) is 0. The van der Waals surface area contributed by atoms with Gasteiger partial charge >= 0.3 is 0 Å². The number of allylic oxidation sites excluding steroid dienone is 2. The molecule has 2 aliphatic rings. The minimum atomic E-state index is -1.62. The highest BCUT2D eigenvalue weighted by molar-refractivity contribution is 6.81. The van der Waals surface area contributed by atoms with E-state index in [1.54, 1.807) is 16.7 Å². The van der Waals surface area contributed by atoms with Gasteiger partial charge in [0.25, 0.3) is 0 Å². The van der Waals surface area contributed by atoms with Crippen molar-refractivity contribution in [2.24, 2.45) is 5.92 Å². The highest BCUT2D eigenvalue weighted by Gasteiger charge is 2.45. The molecule has 0 aliphatic heterocycles. The third kappa shape index (κ3) is 2.26. The summed E-state index contributed by atoms with van der Waals surface area (Å²) in [5.41, 5.74) is 8.84. The van der Waals surface area contributed by atoms with E-state index in [4.69, 9.17) is 0 Å². The molecule has 0 bridgehead atoms. The normalized spacial score (nSPS) is 21.8. The molecule has 0 saturated heterocycles. The van der Waals surface area contributed by atoms with Gasteiger partial charge in [-0.1, -0.05) is 99.3 Å². The van der Waals surface area contributed by atoms with Crippen LogP contribution in [0.15, 0.2) is 60.2 Å². The standard InChI is InChI=1S/C23H26Si/c1-16(2)21-15-18-10-6-8-12-20(18)23(21)24(3,4)22-14-13-17-9-5-7-11-19(17)22/h5-16,22-23H,1-4H3. The molecule has 0 nitrogen and oxygen atoms in total. The first-order chi connectivity index (χ1) is 11.5. The Bertz CT molecular complexity index is 839. The molecule has 0 heterocycles. The van der Waals surface area contributed by atoms with Gasteiger partial charge in [-0.15, -0.1) is 0 Å². The van der Waals surface area contributed by atoms with Gasteiger partial charge in [-0.3, -0.25) is 0 Å². The van der Waals surface area contributed by atoms with Crippen LogP contribution in [0.25, 0.3) is 12.2 Å². The molecular formula is C23H26Si. The summed E-state index contributed by atoms with van der Waals surface area (Å²) in [4.78, 5) is 0. The monoisotopic (exact) mass is 330 g/mol. The highest BCUT2D eigenvalue weighted by atomic mass is 28.3. The van der Waals surface area contributed by atoms with E-state index in [9.17, 15) is 0 Å². The lowest BCUT2D eigenvalue weighted by atomic mass is 10.0. The molecule has 2 aliphatic carbocycles. The summed E-state index contributed by atoms with van der Waals surface area (Å²) >= 11 is 0. The van der Waals surface area contributed by atoms with Gasteiger partial charge < -0.3 is 0 Å². The van der Waals surface area contributed by atoms with Gasteiger partial charge in [0.2, 0.25) is 0 Å². The summed E-state index contributed by atoms with van der Waals surface area (Å²) < 4.78 is 0. The van der Waals surface area contributed by atoms with E-state index in [1.165, 1.54) is 11.1 Å². The van der Waals surface area contributed by atoms with Gasteiger partial charge in [0.1, 0.15) is 0 Å². The maximum absolute atomic E-state index is 2.59. The molecule has 0 radical (unpaired) electrons. The molecule has 1 heteroatoms. The van der Waals surface area contributed by atoms with Gasteiger partial charge in [-0.2, -0.15) is 0 Å². The minimum Gasteiger partial charge on any atom is -0.0791 e. The molecule has 2 aromatic carbocycles. The number of rotatable bonds is 3. The molecule has 2 unspecified atom stereocenters. The lowest BCUT2D eigenvalue weighted by Crippen LogP contribution is -2.42. The lowest BCUT2D eigenvalue weighted by molar-refractivity contribution is 0.732. The van der Waals surface area contributed by atoms with Crippen LogP contribution >= 0.6 is 0 Å². The zero-order chi connectivity index (χ0) is 16.9. The van der Waals surface area contributed by atoms with Crippen molar-refractivity contribution >= 4 is 20.2 Å².